The molecule has 1 rings (SSSR count). The quantitative estimate of drug-likeness (QED) is 0.704. The van der Waals surface area contributed by atoms with Gasteiger partial charge >= 0.3 is 5.97 Å². The van der Waals surface area contributed by atoms with E-state index in [2.05, 4.69) is 11.2 Å². The van der Waals surface area contributed by atoms with Crippen molar-refractivity contribution >= 4 is 11.9 Å². The van der Waals surface area contributed by atoms with Gasteiger partial charge in [0.1, 0.15) is 6.04 Å². The van der Waals surface area contributed by atoms with Crippen LogP contribution in [-0.4, -0.2) is 23.0 Å². The van der Waals surface area contributed by atoms with Crippen molar-refractivity contribution in [3.63, 3.8) is 0 Å². The van der Waals surface area contributed by atoms with Gasteiger partial charge in [0.15, 0.2) is 5.76 Å². The lowest BCUT2D eigenvalue weighted by atomic mass is 10.2. The summed E-state index contributed by atoms with van der Waals surface area (Å²) in [6.45, 7) is 0. The molecule has 1 heterocycles. The maximum absolute atomic E-state index is 11.4. The van der Waals surface area contributed by atoms with Crippen LogP contribution >= 0.6 is 0 Å². The minimum atomic E-state index is -1.17. The van der Waals surface area contributed by atoms with Gasteiger partial charge in [0.05, 0.1) is 6.26 Å². The molecule has 0 radical (unpaired) electrons. The molecule has 1 aromatic rings. The summed E-state index contributed by atoms with van der Waals surface area (Å²) in [7, 11) is 0. The highest BCUT2D eigenvalue weighted by Gasteiger charge is 2.20. The van der Waals surface area contributed by atoms with E-state index < -0.39 is 17.9 Å². The molecule has 0 aromatic carbocycles. The highest BCUT2D eigenvalue weighted by atomic mass is 16.4. The Morgan fingerprint density at radius 3 is 2.87 bits per heavy atom. The number of nitrogens with one attached hydrogen (secondary N) is 1. The lowest BCUT2D eigenvalue weighted by molar-refractivity contribution is -0.139. The lowest BCUT2D eigenvalue weighted by Crippen LogP contribution is -2.40. The molecule has 5 nitrogen and oxygen atoms in total. The van der Waals surface area contributed by atoms with Crippen molar-refractivity contribution < 1.29 is 19.1 Å². The molecule has 1 aromatic heterocycles. The van der Waals surface area contributed by atoms with Crippen LogP contribution in [0.25, 0.3) is 0 Å². The number of carboxylic acid groups (broad SMARTS) is 1. The topological polar surface area (TPSA) is 79.5 Å². The van der Waals surface area contributed by atoms with Crippen LogP contribution in [0.4, 0.5) is 0 Å². The Morgan fingerprint density at radius 1 is 1.67 bits per heavy atom. The Labute approximate surface area is 86.1 Å². The summed E-state index contributed by atoms with van der Waals surface area (Å²) in [5.74, 6) is 0.460. The van der Waals surface area contributed by atoms with E-state index in [4.69, 9.17) is 15.9 Å². The zero-order valence-electron chi connectivity index (χ0n) is 7.77. The van der Waals surface area contributed by atoms with Crippen LogP contribution in [0.15, 0.2) is 22.8 Å². The first-order valence-corrected chi connectivity index (χ1v) is 4.15. The highest BCUT2D eigenvalue weighted by molar-refractivity contribution is 5.94. The second kappa shape index (κ2) is 4.86. The lowest BCUT2D eigenvalue weighted by Gasteiger charge is -2.09. The van der Waals surface area contributed by atoms with Gasteiger partial charge in [-0.05, 0) is 12.1 Å². The first kappa shape index (κ1) is 10.9. The molecule has 15 heavy (non-hydrogen) atoms. The molecule has 0 saturated carbocycles. The normalized spacial score (nSPS) is 11.4. The smallest absolute Gasteiger partial charge is 0.327 e. The van der Waals surface area contributed by atoms with E-state index in [-0.39, 0.29) is 12.2 Å². The molecule has 0 spiro atoms. The van der Waals surface area contributed by atoms with E-state index in [1.54, 1.807) is 0 Å². The molecular formula is C10H9NO4. The van der Waals surface area contributed by atoms with Gasteiger partial charge < -0.3 is 14.8 Å². The van der Waals surface area contributed by atoms with Crippen LogP contribution in [0.5, 0.6) is 0 Å². The van der Waals surface area contributed by atoms with Crippen molar-refractivity contribution in [1.29, 1.82) is 0 Å². The minimum Gasteiger partial charge on any atom is -0.480 e. The van der Waals surface area contributed by atoms with E-state index in [9.17, 15) is 9.59 Å². The van der Waals surface area contributed by atoms with E-state index in [0.717, 1.165) is 0 Å². The van der Waals surface area contributed by atoms with Crippen LogP contribution in [0.2, 0.25) is 0 Å². The van der Waals surface area contributed by atoms with Crippen LogP contribution in [-0.2, 0) is 4.79 Å². The molecule has 2 N–H and O–H groups in total. The van der Waals surface area contributed by atoms with Crippen LogP contribution in [0, 0.1) is 12.3 Å². The van der Waals surface area contributed by atoms with Gasteiger partial charge in [0.25, 0.3) is 5.91 Å². The predicted octanol–water partition coefficient (Wildman–Crippen LogP) is 0.486. The molecule has 0 fully saturated rings. The molecule has 0 saturated heterocycles. The van der Waals surface area contributed by atoms with Crippen molar-refractivity contribution in [2.24, 2.45) is 0 Å². The van der Waals surface area contributed by atoms with Crippen LogP contribution in [0.3, 0.4) is 0 Å². The highest BCUT2D eigenvalue weighted by Crippen LogP contribution is 2.01. The molecule has 0 bridgehead atoms. The Hall–Kier alpha value is -2.22. The molecule has 0 aliphatic rings. The van der Waals surface area contributed by atoms with Crippen molar-refractivity contribution in [3.8, 4) is 12.3 Å². The van der Waals surface area contributed by atoms with E-state index in [0.29, 0.717) is 0 Å². The Bertz CT molecular complexity index is 388. The van der Waals surface area contributed by atoms with E-state index in [1.165, 1.54) is 18.4 Å². The summed E-state index contributed by atoms with van der Waals surface area (Å²) in [4.78, 5) is 22.0. The zero-order valence-corrected chi connectivity index (χ0v) is 7.77. The van der Waals surface area contributed by atoms with Crippen molar-refractivity contribution in [2.45, 2.75) is 12.5 Å². The van der Waals surface area contributed by atoms with Crippen molar-refractivity contribution in [1.82, 2.24) is 5.32 Å². The second-order valence-electron chi connectivity index (χ2n) is 2.75. The standard InChI is InChI=1S/C10H9NO4/c1-2-4-7(10(13)14)11-9(12)8-5-3-6-15-8/h1,3,5-7H,4H2,(H,11,12)(H,13,14). The summed E-state index contributed by atoms with van der Waals surface area (Å²) in [5, 5.41) is 11.0. The molecule has 0 aliphatic heterocycles. The zero-order chi connectivity index (χ0) is 11.3. The second-order valence-corrected chi connectivity index (χ2v) is 2.75. The maximum Gasteiger partial charge on any atom is 0.327 e. The van der Waals surface area contributed by atoms with Gasteiger partial charge in [-0.15, -0.1) is 12.3 Å². The Balaban J connectivity index is 2.64. The first-order valence-electron chi connectivity index (χ1n) is 4.15. The van der Waals surface area contributed by atoms with Gasteiger partial charge in [0, 0.05) is 6.42 Å². The number of furan rings is 1. The predicted molar refractivity (Wildman–Crippen MR) is 51.0 cm³/mol. The largest absolute Gasteiger partial charge is 0.480 e. The number of carbonyl (C=O) groups excluding carboxylic acids is 1. The van der Waals surface area contributed by atoms with Gasteiger partial charge in [-0.1, -0.05) is 0 Å². The Kier molecular flexibility index (Phi) is 3.52. The van der Waals surface area contributed by atoms with Crippen LogP contribution < -0.4 is 5.32 Å². The summed E-state index contributed by atoms with van der Waals surface area (Å²) in [6.07, 6.45) is 6.23. The monoisotopic (exact) mass is 207 g/mol. The van der Waals surface area contributed by atoms with Gasteiger partial charge in [-0.2, -0.15) is 0 Å². The number of hydrogen-bond donors (Lipinski definition) is 2. The fourth-order valence-electron chi connectivity index (χ4n) is 0.955. The number of hydrogen-bond acceptors (Lipinski definition) is 3. The summed E-state index contributed by atoms with van der Waals surface area (Å²) in [6, 6.07) is 1.88. The van der Waals surface area contributed by atoms with Gasteiger partial charge in [-0.3, -0.25) is 4.79 Å². The molecule has 1 unspecified atom stereocenters. The SMILES string of the molecule is C#CCC(NC(=O)c1ccco1)C(=O)O. The third-order valence-electron chi connectivity index (χ3n) is 1.67. The van der Waals surface area contributed by atoms with Crippen LogP contribution in [0.1, 0.15) is 17.0 Å². The van der Waals surface area contributed by atoms with E-state index in [1.807, 2.05) is 0 Å². The minimum absolute atomic E-state index is 0.0540. The molecule has 5 heteroatoms. The number of rotatable bonds is 4. The summed E-state index contributed by atoms with van der Waals surface area (Å²) < 4.78 is 4.80. The molecule has 1 atom stereocenters. The molecular weight excluding hydrogens is 198 g/mol. The number of carboxylic acids is 1. The number of amides is 1. The molecule has 0 aliphatic carbocycles. The Morgan fingerprint density at radius 2 is 2.40 bits per heavy atom. The van der Waals surface area contributed by atoms with Gasteiger partial charge in [0.2, 0.25) is 0 Å². The number of carbonyl (C=O) groups is 2. The number of aliphatic carboxylic acids is 1. The third kappa shape index (κ3) is 2.88. The van der Waals surface area contributed by atoms with Crippen molar-refractivity contribution in [3.05, 3.63) is 24.2 Å². The molecule has 78 valence electrons. The fraction of sp³-hybridized carbons (Fsp3) is 0.200. The maximum atomic E-state index is 11.4. The average Bonchev–Trinajstić information content (AvgIpc) is 2.69. The van der Waals surface area contributed by atoms with Gasteiger partial charge in [-0.25, -0.2) is 4.79 Å². The third-order valence-corrected chi connectivity index (χ3v) is 1.67. The summed E-state index contributed by atoms with van der Waals surface area (Å²) >= 11 is 0. The molecule has 1 amide bonds. The number of terminal acetylenes is 1. The first-order chi connectivity index (χ1) is 7.15. The van der Waals surface area contributed by atoms with Crippen molar-refractivity contribution in [2.75, 3.05) is 0 Å². The van der Waals surface area contributed by atoms with E-state index >= 15 is 0 Å². The fourth-order valence-corrected chi connectivity index (χ4v) is 0.955. The summed E-state index contributed by atoms with van der Waals surface area (Å²) in [5.41, 5.74) is 0. The average molecular weight is 207 g/mol.